The summed E-state index contributed by atoms with van der Waals surface area (Å²) in [5.74, 6) is 0.471. The summed E-state index contributed by atoms with van der Waals surface area (Å²) in [6.07, 6.45) is 1.66. The molecular formula is C18H18BrNO4. The van der Waals surface area contributed by atoms with E-state index in [9.17, 15) is 9.59 Å². The zero-order chi connectivity index (χ0) is 17.5. The molecule has 1 amide bonds. The van der Waals surface area contributed by atoms with Gasteiger partial charge in [-0.25, -0.2) is 0 Å². The molecule has 0 saturated heterocycles. The van der Waals surface area contributed by atoms with Gasteiger partial charge in [-0.2, -0.15) is 0 Å². The zero-order valence-corrected chi connectivity index (χ0v) is 15.1. The van der Waals surface area contributed by atoms with Gasteiger partial charge >= 0.3 is 0 Å². The van der Waals surface area contributed by atoms with Gasteiger partial charge in [0.25, 0.3) is 5.91 Å². The van der Waals surface area contributed by atoms with Gasteiger partial charge in [-0.05, 0) is 52.2 Å². The lowest BCUT2D eigenvalue weighted by atomic mass is 10.1. The van der Waals surface area contributed by atoms with Crippen LogP contribution in [0.2, 0.25) is 0 Å². The first kappa shape index (κ1) is 18.0. The van der Waals surface area contributed by atoms with Crippen molar-refractivity contribution in [1.29, 1.82) is 0 Å². The lowest BCUT2D eigenvalue weighted by Crippen LogP contribution is -2.20. The predicted octanol–water partition coefficient (Wildman–Crippen LogP) is 3.85. The number of anilines is 1. The number of nitrogens with one attached hydrogen (secondary N) is 1. The Morgan fingerprint density at radius 1 is 1.25 bits per heavy atom. The number of methoxy groups -OCH3 is 1. The molecule has 1 N–H and O–H groups in total. The van der Waals surface area contributed by atoms with E-state index in [1.54, 1.807) is 12.1 Å². The van der Waals surface area contributed by atoms with Crippen LogP contribution in [-0.2, 0) is 11.2 Å². The molecule has 6 heteroatoms. The maximum atomic E-state index is 12.0. The molecule has 0 aliphatic rings. The van der Waals surface area contributed by atoms with Crippen molar-refractivity contribution in [2.24, 2.45) is 0 Å². The molecule has 0 unspecified atom stereocenters. The molecule has 0 heterocycles. The van der Waals surface area contributed by atoms with Gasteiger partial charge in [0.2, 0.25) is 0 Å². The van der Waals surface area contributed by atoms with Crippen LogP contribution in [0.5, 0.6) is 11.5 Å². The van der Waals surface area contributed by atoms with Gasteiger partial charge in [0.15, 0.2) is 18.1 Å². The van der Waals surface area contributed by atoms with Crippen molar-refractivity contribution in [3.05, 3.63) is 52.0 Å². The number of hydrogen-bond donors (Lipinski definition) is 1. The summed E-state index contributed by atoms with van der Waals surface area (Å²) in [5, 5.41) is 2.77. The SMILES string of the molecule is CCc1ccc(NC(=O)COc2c(Br)cc(C=O)cc2OC)cc1. The Hall–Kier alpha value is -2.34. The van der Waals surface area contributed by atoms with Crippen molar-refractivity contribution in [1.82, 2.24) is 0 Å². The lowest BCUT2D eigenvalue weighted by molar-refractivity contribution is -0.118. The highest BCUT2D eigenvalue weighted by Crippen LogP contribution is 2.36. The topological polar surface area (TPSA) is 64.6 Å². The molecule has 0 saturated carbocycles. The molecule has 0 bridgehead atoms. The number of benzene rings is 2. The third kappa shape index (κ3) is 4.58. The molecule has 0 aromatic heterocycles. The van der Waals surface area contributed by atoms with E-state index >= 15 is 0 Å². The van der Waals surface area contributed by atoms with Crippen LogP contribution >= 0.6 is 15.9 Å². The van der Waals surface area contributed by atoms with Gasteiger partial charge in [0.1, 0.15) is 6.29 Å². The standard InChI is InChI=1S/C18H18BrNO4/c1-3-12-4-6-14(7-5-12)20-17(22)11-24-18-15(19)8-13(10-21)9-16(18)23-2/h4-10H,3,11H2,1-2H3,(H,20,22). The number of carbonyl (C=O) groups is 2. The summed E-state index contributed by atoms with van der Waals surface area (Å²) in [6.45, 7) is 1.90. The van der Waals surface area contributed by atoms with Crippen LogP contribution in [0.4, 0.5) is 5.69 Å². The quantitative estimate of drug-likeness (QED) is 0.727. The second kappa shape index (κ2) is 8.49. The molecule has 5 nitrogen and oxygen atoms in total. The number of hydrogen-bond acceptors (Lipinski definition) is 4. The van der Waals surface area contributed by atoms with E-state index in [1.807, 2.05) is 24.3 Å². The fourth-order valence-electron chi connectivity index (χ4n) is 2.11. The lowest BCUT2D eigenvalue weighted by Gasteiger charge is -2.13. The minimum atomic E-state index is -0.285. The minimum Gasteiger partial charge on any atom is -0.493 e. The summed E-state index contributed by atoms with van der Waals surface area (Å²) in [6, 6.07) is 10.8. The monoisotopic (exact) mass is 391 g/mol. The van der Waals surface area contributed by atoms with E-state index in [2.05, 4.69) is 28.2 Å². The van der Waals surface area contributed by atoms with Crippen molar-refractivity contribution in [3.63, 3.8) is 0 Å². The smallest absolute Gasteiger partial charge is 0.262 e. The van der Waals surface area contributed by atoms with Crippen molar-refractivity contribution < 1.29 is 19.1 Å². The summed E-state index contributed by atoms with van der Waals surface area (Å²) in [4.78, 5) is 22.9. The number of rotatable bonds is 7. The van der Waals surface area contributed by atoms with E-state index in [0.717, 1.165) is 6.42 Å². The van der Waals surface area contributed by atoms with Crippen molar-refractivity contribution in [2.75, 3.05) is 19.0 Å². The highest BCUT2D eigenvalue weighted by Gasteiger charge is 2.13. The van der Waals surface area contributed by atoms with Crippen LogP contribution in [0.25, 0.3) is 0 Å². The number of aryl methyl sites for hydroxylation is 1. The predicted molar refractivity (Wildman–Crippen MR) is 96.0 cm³/mol. The normalized spacial score (nSPS) is 10.1. The fraction of sp³-hybridized carbons (Fsp3) is 0.222. The van der Waals surface area contributed by atoms with Gasteiger partial charge in [-0.15, -0.1) is 0 Å². The second-order valence-electron chi connectivity index (χ2n) is 5.04. The highest BCUT2D eigenvalue weighted by molar-refractivity contribution is 9.10. The van der Waals surface area contributed by atoms with E-state index in [4.69, 9.17) is 9.47 Å². The Balaban J connectivity index is 2.01. The maximum absolute atomic E-state index is 12.0. The molecule has 2 aromatic carbocycles. The Labute approximate surface area is 149 Å². The van der Waals surface area contributed by atoms with Crippen LogP contribution in [-0.4, -0.2) is 25.9 Å². The molecule has 0 aliphatic carbocycles. The number of halogens is 1. The van der Waals surface area contributed by atoms with Crippen LogP contribution in [0.1, 0.15) is 22.8 Å². The van der Waals surface area contributed by atoms with Crippen molar-refractivity contribution in [2.45, 2.75) is 13.3 Å². The molecule has 126 valence electrons. The van der Waals surface area contributed by atoms with E-state index in [0.29, 0.717) is 33.5 Å². The van der Waals surface area contributed by atoms with Crippen LogP contribution in [0, 0.1) is 0 Å². The largest absolute Gasteiger partial charge is 0.493 e. The molecular weight excluding hydrogens is 374 g/mol. The third-order valence-electron chi connectivity index (χ3n) is 3.38. The molecule has 0 aliphatic heterocycles. The fourth-order valence-corrected chi connectivity index (χ4v) is 2.68. The minimum absolute atomic E-state index is 0.176. The summed E-state index contributed by atoms with van der Waals surface area (Å²) < 4.78 is 11.3. The molecule has 0 fully saturated rings. The Morgan fingerprint density at radius 3 is 2.54 bits per heavy atom. The van der Waals surface area contributed by atoms with Gasteiger partial charge in [0, 0.05) is 11.3 Å². The molecule has 2 aromatic rings. The Bertz CT molecular complexity index is 729. The van der Waals surface area contributed by atoms with Crippen molar-refractivity contribution >= 4 is 33.8 Å². The molecule has 0 spiro atoms. The molecule has 0 radical (unpaired) electrons. The van der Waals surface area contributed by atoms with Crippen LogP contribution in [0.15, 0.2) is 40.9 Å². The second-order valence-corrected chi connectivity index (χ2v) is 5.89. The van der Waals surface area contributed by atoms with Crippen molar-refractivity contribution in [3.8, 4) is 11.5 Å². The number of aldehydes is 1. The molecule has 24 heavy (non-hydrogen) atoms. The summed E-state index contributed by atoms with van der Waals surface area (Å²) in [7, 11) is 1.47. The zero-order valence-electron chi connectivity index (χ0n) is 13.5. The van der Waals surface area contributed by atoms with Gasteiger partial charge in [0.05, 0.1) is 11.6 Å². The number of carbonyl (C=O) groups excluding carboxylic acids is 2. The van der Waals surface area contributed by atoms with E-state index in [1.165, 1.54) is 12.7 Å². The summed E-state index contributed by atoms with van der Waals surface area (Å²) >= 11 is 3.32. The number of ether oxygens (including phenoxy) is 2. The first-order valence-electron chi connectivity index (χ1n) is 7.41. The first-order chi connectivity index (χ1) is 11.6. The molecule has 2 rings (SSSR count). The van der Waals surface area contributed by atoms with Crippen LogP contribution < -0.4 is 14.8 Å². The van der Waals surface area contributed by atoms with E-state index in [-0.39, 0.29) is 12.5 Å². The molecule has 0 atom stereocenters. The maximum Gasteiger partial charge on any atom is 0.262 e. The van der Waals surface area contributed by atoms with Gasteiger partial charge in [-0.3, -0.25) is 9.59 Å². The van der Waals surface area contributed by atoms with Gasteiger partial charge in [-0.1, -0.05) is 19.1 Å². The van der Waals surface area contributed by atoms with Crippen LogP contribution in [0.3, 0.4) is 0 Å². The Kier molecular flexibility index (Phi) is 6.37. The van der Waals surface area contributed by atoms with E-state index < -0.39 is 0 Å². The summed E-state index contributed by atoms with van der Waals surface area (Å²) in [5.41, 5.74) is 2.36. The average Bonchev–Trinajstić information content (AvgIpc) is 2.60. The highest BCUT2D eigenvalue weighted by atomic mass is 79.9. The third-order valence-corrected chi connectivity index (χ3v) is 3.97. The Morgan fingerprint density at radius 2 is 1.96 bits per heavy atom. The average molecular weight is 392 g/mol. The number of amides is 1. The first-order valence-corrected chi connectivity index (χ1v) is 8.21. The van der Waals surface area contributed by atoms with Gasteiger partial charge < -0.3 is 14.8 Å².